The highest BCUT2D eigenvalue weighted by Crippen LogP contribution is 2.37. The number of nitrogens with zero attached hydrogens (tertiary/aromatic N) is 1. The maximum absolute atomic E-state index is 4.17. The average Bonchev–Trinajstić information content (AvgIpc) is 2.69. The quantitative estimate of drug-likeness (QED) is 0.341. The number of benzene rings is 3. The molecule has 0 unspecified atom stereocenters. The van der Waals surface area contributed by atoms with E-state index >= 15 is 0 Å². The van der Waals surface area contributed by atoms with Crippen LogP contribution in [0.15, 0.2) is 104 Å². The summed E-state index contributed by atoms with van der Waals surface area (Å²) in [5.74, 6) is 0. The van der Waals surface area contributed by atoms with Crippen LogP contribution in [0.25, 0.3) is 21.5 Å². The van der Waals surface area contributed by atoms with E-state index in [0.29, 0.717) is 0 Å². The van der Waals surface area contributed by atoms with Gasteiger partial charge in [-0.05, 0) is 41.3 Å². The van der Waals surface area contributed by atoms with Gasteiger partial charge >= 0.3 is 0 Å². The Labute approximate surface area is 157 Å². The first-order chi connectivity index (χ1) is 12.7. The van der Waals surface area contributed by atoms with Crippen LogP contribution in [0.4, 0.5) is 5.69 Å². The van der Waals surface area contributed by atoms with Crippen molar-refractivity contribution in [2.75, 3.05) is 4.90 Å². The number of hydrogen-bond acceptors (Lipinski definition) is 1. The predicted molar refractivity (Wildman–Crippen MR) is 119 cm³/mol. The molecule has 0 saturated carbocycles. The van der Waals surface area contributed by atoms with Crippen LogP contribution in [-0.2, 0) is 0 Å². The van der Waals surface area contributed by atoms with Crippen LogP contribution in [0.1, 0.15) is 20.8 Å². The molecular formula is C25H27N. The lowest BCUT2D eigenvalue weighted by molar-refractivity contribution is 1.12. The standard InChI is InChI=1S/C23H21N.C2H6/c1-5-11-19(6-2)24(17(3)4)23-16-18-12-7-8-13-20(18)21-14-9-10-15-22(21)23;1-2/h5-16H,1-3H2,4H3;1-2H3/b19-11+;. The summed E-state index contributed by atoms with van der Waals surface area (Å²) in [7, 11) is 0. The van der Waals surface area contributed by atoms with Gasteiger partial charge < -0.3 is 4.90 Å². The van der Waals surface area contributed by atoms with E-state index in [2.05, 4.69) is 79.2 Å². The molecule has 0 bridgehead atoms. The van der Waals surface area contributed by atoms with E-state index < -0.39 is 0 Å². The van der Waals surface area contributed by atoms with Crippen LogP contribution >= 0.6 is 0 Å². The van der Waals surface area contributed by atoms with Crippen LogP contribution in [0.3, 0.4) is 0 Å². The van der Waals surface area contributed by atoms with Crippen LogP contribution < -0.4 is 4.90 Å². The molecule has 0 aromatic heterocycles. The molecule has 26 heavy (non-hydrogen) atoms. The molecule has 0 saturated heterocycles. The van der Waals surface area contributed by atoms with Crippen LogP contribution in [0.5, 0.6) is 0 Å². The molecule has 0 aliphatic heterocycles. The van der Waals surface area contributed by atoms with Gasteiger partial charge in [0.2, 0.25) is 0 Å². The summed E-state index contributed by atoms with van der Waals surface area (Å²) >= 11 is 0. The largest absolute Gasteiger partial charge is 0.314 e. The van der Waals surface area contributed by atoms with Crippen LogP contribution in [0.2, 0.25) is 0 Å². The fourth-order valence-corrected chi connectivity index (χ4v) is 3.14. The first-order valence-corrected chi connectivity index (χ1v) is 8.98. The van der Waals surface area contributed by atoms with Crippen molar-refractivity contribution in [3.8, 4) is 0 Å². The molecule has 3 rings (SSSR count). The van der Waals surface area contributed by atoms with Gasteiger partial charge in [-0.15, -0.1) is 0 Å². The Kier molecular flexibility index (Phi) is 6.57. The Morgan fingerprint density at radius 1 is 0.885 bits per heavy atom. The van der Waals surface area contributed by atoms with E-state index in [0.717, 1.165) is 17.1 Å². The number of anilines is 1. The molecule has 0 amide bonds. The van der Waals surface area contributed by atoms with Gasteiger partial charge in [-0.25, -0.2) is 0 Å². The first kappa shape index (κ1) is 19.3. The van der Waals surface area contributed by atoms with E-state index in [4.69, 9.17) is 0 Å². The Morgan fingerprint density at radius 2 is 1.46 bits per heavy atom. The van der Waals surface area contributed by atoms with Gasteiger partial charge in [-0.3, -0.25) is 0 Å². The van der Waals surface area contributed by atoms with Crippen molar-refractivity contribution in [3.63, 3.8) is 0 Å². The summed E-state index contributed by atoms with van der Waals surface area (Å²) in [4.78, 5) is 2.13. The Morgan fingerprint density at radius 3 is 2.04 bits per heavy atom. The maximum atomic E-state index is 4.17. The van der Waals surface area contributed by atoms with Crippen molar-refractivity contribution in [1.82, 2.24) is 0 Å². The summed E-state index contributed by atoms with van der Waals surface area (Å²) in [6.07, 6.45) is 5.56. The summed E-state index contributed by atoms with van der Waals surface area (Å²) < 4.78 is 0. The van der Waals surface area contributed by atoms with Crippen molar-refractivity contribution in [2.24, 2.45) is 0 Å². The van der Waals surface area contributed by atoms with Crippen molar-refractivity contribution >= 4 is 27.2 Å². The lowest BCUT2D eigenvalue weighted by Gasteiger charge is -2.28. The third kappa shape index (κ3) is 3.62. The Hall–Kier alpha value is -3.06. The van der Waals surface area contributed by atoms with Crippen molar-refractivity contribution in [1.29, 1.82) is 0 Å². The van der Waals surface area contributed by atoms with Crippen LogP contribution in [-0.4, -0.2) is 0 Å². The van der Waals surface area contributed by atoms with E-state index in [-0.39, 0.29) is 0 Å². The van der Waals surface area contributed by atoms with Crippen molar-refractivity contribution < 1.29 is 0 Å². The molecule has 1 heteroatoms. The maximum Gasteiger partial charge on any atom is 0.0542 e. The van der Waals surface area contributed by atoms with Gasteiger partial charge in [0.25, 0.3) is 0 Å². The third-order valence-corrected chi connectivity index (χ3v) is 4.12. The Balaban J connectivity index is 0.00000117. The van der Waals surface area contributed by atoms with Gasteiger partial charge in [-0.2, -0.15) is 0 Å². The zero-order chi connectivity index (χ0) is 19.1. The van der Waals surface area contributed by atoms with Gasteiger partial charge in [0.15, 0.2) is 0 Å². The zero-order valence-electron chi connectivity index (χ0n) is 16.0. The highest BCUT2D eigenvalue weighted by Gasteiger charge is 2.15. The number of allylic oxidation sites excluding steroid dienone is 4. The topological polar surface area (TPSA) is 3.24 Å². The Bertz CT molecular complexity index is 976. The van der Waals surface area contributed by atoms with Crippen LogP contribution in [0, 0.1) is 0 Å². The van der Waals surface area contributed by atoms with E-state index in [9.17, 15) is 0 Å². The second kappa shape index (κ2) is 8.87. The summed E-state index contributed by atoms with van der Waals surface area (Å²) in [5, 5.41) is 4.89. The zero-order valence-corrected chi connectivity index (χ0v) is 16.0. The lowest BCUT2D eigenvalue weighted by Crippen LogP contribution is -2.18. The van der Waals surface area contributed by atoms with E-state index in [1.165, 1.54) is 21.5 Å². The van der Waals surface area contributed by atoms with Gasteiger partial charge in [0.05, 0.1) is 5.69 Å². The molecule has 3 aromatic carbocycles. The smallest absolute Gasteiger partial charge is 0.0542 e. The number of rotatable bonds is 5. The van der Waals surface area contributed by atoms with Gasteiger partial charge in [0, 0.05) is 16.8 Å². The molecule has 0 fully saturated rings. The molecule has 0 aliphatic carbocycles. The minimum atomic E-state index is 0.934. The minimum absolute atomic E-state index is 0.934. The molecule has 0 N–H and O–H groups in total. The van der Waals surface area contributed by atoms with Crippen molar-refractivity contribution in [2.45, 2.75) is 20.8 Å². The molecular weight excluding hydrogens is 314 g/mol. The third-order valence-electron chi connectivity index (χ3n) is 4.12. The lowest BCUT2D eigenvalue weighted by atomic mass is 9.99. The average molecular weight is 341 g/mol. The second-order valence-electron chi connectivity index (χ2n) is 5.76. The summed E-state index contributed by atoms with van der Waals surface area (Å²) in [6.45, 7) is 17.9. The molecule has 0 aliphatic rings. The number of hydrogen-bond donors (Lipinski definition) is 0. The second-order valence-corrected chi connectivity index (χ2v) is 5.76. The molecule has 132 valence electrons. The summed E-state index contributed by atoms with van der Waals surface area (Å²) in [6, 6.07) is 19.2. The normalized spacial score (nSPS) is 10.8. The monoisotopic (exact) mass is 341 g/mol. The highest BCUT2D eigenvalue weighted by atomic mass is 15.1. The molecule has 0 radical (unpaired) electrons. The molecule has 1 nitrogen and oxygen atoms in total. The molecule has 0 spiro atoms. The highest BCUT2D eigenvalue weighted by molar-refractivity contribution is 6.13. The van der Waals surface area contributed by atoms with Crippen molar-refractivity contribution in [3.05, 3.63) is 104 Å². The number of fused-ring (bicyclic) bond motifs is 3. The SMILES string of the molecule is C=C/C=C(\C=C)N(C(=C)C)c1cc2ccccc2c2ccccc12.CC. The van der Waals surface area contributed by atoms with E-state index in [1.807, 2.05) is 32.9 Å². The predicted octanol–water partition coefficient (Wildman–Crippen LogP) is 7.62. The van der Waals surface area contributed by atoms with Gasteiger partial charge in [0.1, 0.15) is 0 Å². The molecule has 3 aromatic rings. The van der Waals surface area contributed by atoms with Gasteiger partial charge in [-0.1, -0.05) is 88.2 Å². The van der Waals surface area contributed by atoms with E-state index in [1.54, 1.807) is 6.08 Å². The fourth-order valence-electron chi connectivity index (χ4n) is 3.14. The molecule has 0 atom stereocenters. The summed E-state index contributed by atoms with van der Waals surface area (Å²) in [5.41, 5.74) is 2.99. The fraction of sp³-hybridized carbons (Fsp3) is 0.120. The minimum Gasteiger partial charge on any atom is -0.314 e. The first-order valence-electron chi connectivity index (χ1n) is 8.98. The molecule has 0 heterocycles.